The smallest absolute Gasteiger partial charge is 0.255 e. The van der Waals surface area contributed by atoms with Gasteiger partial charge in [-0.15, -0.1) is 10.2 Å². The molecule has 0 bridgehead atoms. The number of imide groups is 1. The largest absolute Gasteiger partial charge is 0.493 e. The van der Waals surface area contributed by atoms with E-state index < -0.39 is 24.1 Å². The molecule has 4 atom stereocenters. The Hall–Kier alpha value is -4.96. The minimum Gasteiger partial charge on any atom is -0.493 e. The number of rotatable bonds is 9. The molecule has 2 aliphatic heterocycles. The predicted octanol–water partition coefficient (Wildman–Crippen LogP) is 3.03. The van der Waals surface area contributed by atoms with Crippen molar-refractivity contribution in [1.29, 1.82) is 0 Å². The number of amides is 2. The Morgan fingerprint density at radius 3 is 2.22 bits per heavy atom. The Balaban J connectivity index is 1.30. The van der Waals surface area contributed by atoms with E-state index in [0.717, 1.165) is 11.1 Å². The molecule has 3 aromatic carbocycles. The number of hydrogen-bond donors (Lipinski definition) is 1. The van der Waals surface area contributed by atoms with Crippen LogP contribution in [-0.4, -0.2) is 55.9 Å². The van der Waals surface area contributed by atoms with Gasteiger partial charge in [-0.3, -0.25) is 19.5 Å². The maximum absolute atomic E-state index is 13.8. The topological polar surface area (TPSA) is 110 Å². The fourth-order valence-corrected chi connectivity index (χ4v) is 5.42. The van der Waals surface area contributed by atoms with E-state index >= 15 is 0 Å². The highest BCUT2D eigenvalue weighted by atomic mass is 16.5. The van der Waals surface area contributed by atoms with Crippen molar-refractivity contribution >= 4 is 11.8 Å². The number of fused-ring (bicyclic) bond motifs is 1. The second-order valence-electron chi connectivity index (χ2n) is 9.95. The molecule has 2 aliphatic rings. The first-order valence-corrected chi connectivity index (χ1v) is 13.3. The molecule has 208 valence electrons. The Kier molecular flexibility index (Phi) is 7.22. The normalized spacial score (nSPS) is 20.7. The van der Waals surface area contributed by atoms with E-state index in [9.17, 15) is 14.7 Å². The van der Waals surface area contributed by atoms with Crippen LogP contribution in [0.3, 0.4) is 0 Å². The minimum absolute atomic E-state index is 0.170. The van der Waals surface area contributed by atoms with Crippen molar-refractivity contribution < 1.29 is 24.2 Å². The van der Waals surface area contributed by atoms with Crippen molar-refractivity contribution in [1.82, 2.24) is 19.8 Å². The lowest BCUT2D eigenvalue weighted by atomic mass is 9.90. The molecule has 41 heavy (non-hydrogen) atoms. The van der Waals surface area contributed by atoms with Crippen LogP contribution < -0.4 is 14.5 Å². The van der Waals surface area contributed by atoms with Crippen molar-refractivity contribution in [3.8, 4) is 11.5 Å². The molecule has 2 amide bonds. The number of nitrogens with zero attached hydrogens (tertiary/aromatic N) is 5. The molecule has 0 radical (unpaired) electrons. The standard InChI is InChI=1S/C31H29N5O5/c1-40-26-15-12-23(16-27(26)41-18-22-10-6-3-7-11-22)29(37)25-14-13-24-28(36(25)34-19-32-33-20-34)31(39)35(30(24)38)17-21-8-4-2-5-9-21/h2-16,19-20,24-25,28-29,37H,17-18H2,1H3. The molecule has 0 spiro atoms. The summed E-state index contributed by atoms with van der Waals surface area (Å²) in [5.74, 6) is -0.340. The van der Waals surface area contributed by atoms with E-state index in [1.807, 2.05) is 60.7 Å². The molecule has 1 N–H and O–H groups in total. The van der Waals surface area contributed by atoms with Crippen LogP contribution in [-0.2, 0) is 22.7 Å². The Labute approximate surface area is 237 Å². The number of ether oxygens (including phenoxy) is 2. The van der Waals surface area contributed by atoms with Gasteiger partial charge < -0.3 is 14.6 Å². The van der Waals surface area contributed by atoms with Gasteiger partial charge in [-0.05, 0) is 28.8 Å². The van der Waals surface area contributed by atoms with Crippen LogP contribution in [0.1, 0.15) is 22.8 Å². The van der Waals surface area contributed by atoms with Crippen molar-refractivity contribution in [2.45, 2.75) is 31.3 Å². The average molecular weight is 552 g/mol. The first kappa shape index (κ1) is 26.3. The molecular formula is C31H29N5O5. The van der Waals surface area contributed by atoms with Gasteiger partial charge in [-0.2, -0.15) is 0 Å². The van der Waals surface area contributed by atoms with Crippen LogP contribution in [0.4, 0.5) is 0 Å². The molecule has 4 aromatic rings. The van der Waals surface area contributed by atoms with Crippen LogP contribution in [0.2, 0.25) is 0 Å². The van der Waals surface area contributed by atoms with Gasteiger partial charge in [0.1, 0.15) is 31.4 Å². The summed E-state index contributed by atoms with van der Waals surface area (Å²) in [5, 5.41) is 21.2. The highest BCUT2D eigenvalue weighted by Gasteiger charge is 2.53. The number of hydrogen-bond acceptors (Lipinski definition) is 8. The first-order chi connectivity index (χ1) is 20.0. The summed E-state index contributed by atoms with van der Waals surface area (Å²) in [6.07, 6.45) is 5.30. The van der Waals surface area contributed by atoms with Crippen molar-refractivity contribution in [2.24, 2.45) is 5.92 Å². The van der Waals surface area contributed by atoms with Crippen molar-refractivity contribution in [2.75, 3.05) is 12.1 Å². The highest BCUT2D eigenvalue weighted by Crippen LogP contribution is 2.38. The van der Waals surface area contributed by atoms with E-state index in [1.165, 1.54) is 17.6 Å². The van der Waals surface area contributed by atoms with Crippen LogP contribution in [0.15, 0.2) is 104 Å². The maximum Gasteiger partial charge on any atom is 0.255 e. The maximum atomic E-state index is 13.8. The Morgan fingerprint density at radius 2 is 1.54 bits per heavy atom. The van der Waals surface area contributed by atoms with Gasteiger partial charge in [-0.1, -0.05) is 78.9 Å². The summed E-state index contributed by atoms with van der Waals surface area (Å²) < 4.78 is 13.1. The van der Waals surface area contributed by atoms with Crippen LogP contribution in [0.25, 0.3) is 0 Å². The molecule has 3 heterocycles. The second kappa shape index (κ2) is 11.3. The van der Waals surface area contributed by atoms with Gasteiger partial charge in [0.15, 0.2) is 11.5 Å². The van der Waals surface area contributed by atoms with E-state index in [4.69, 9.17) is 9.47 Å². The molecule has 1 saturated heterocycles. The number of benzene rings is 3. The zero-order valence-corrected chi connectivity index (χ0v) is 22.4. The lowest BCUT2D eigenvalue weighted by molar-refractivity contribution is -0.140. The molecule has 1 fully saturated rings. The van der Waals surface area contributed by atoms with E-state index in [2.05, 4.69) is 10.2 Å². The van der Waals surface area contributed by atoms with Gasteiger partial charge in [0.25, 0.3) is 5.91 Å². The zero-order valence-electron chi connectivity index (χ0n) is 22.4. The highest BCUT2D eigenvalue weighted by molar-refractivity contribution is 6.09. The van der Waals surface area contributed by atoms with Gasteiger partial charge in [0.2, 0.25) is 5.91 Å². The Bertz CT molecular complexity index is 1540. The third kappa shape index (κ3) is 5.05. The van der Waals surface area contributed by atoms with E-state index in [-0.39, 0.29) is 18.4 Å². The monoisotopic (exact) mass is 551 g/mol. The quantitative estimate of drug-likeness (QED) is 0.250. The van der Waals surface area contributed by atoms with E-state index in [1.54, 1.807) is 47.1 Å². The summed E-state index contributed by atoms with van der Waals surface area (Å²) in [5.41, 5.74) is 2.40. The minimum atomic E-state index is -1.09. The summed E-state index contributed by atoms with van der Waals surface area (Å²) in [4.78, 5) is 28.5. The van der Waals surface area contributed by atoms with Crippen molar-refractivity contribution in [3.63, 3.8) is 0 Å². The summed E-state index contributed by atoms with van der Waals surface area (Å²) in [7, 11) is 1.56. The van der Waals surface area contributed by atoms with Gasteiger partial charge in [-0.25, -0.2) is 4.68 Å². The zero-order chi connectivity index (χ0) is 28.3. The van der Waals surface area contributed by atoms with Gasteiger partial charge in [0.05, 0.1) is 25.6 Å². The van der Waals surface area contributed by atoms with Crippen LogP contribution >= 0.6 is 0 Å². The molecule has 10 nitrogen and oxygen atoms in total. The van der Waals surface area contributed by atoms with Crippen LogP contribution in [0.5, 0.6) is 11.5 Å². The predicted molar refractivity (Wildman–Crippen MR) is 149 cm³/mol. The van der Waals surface area contributed by atoms with Crippen molar-refractivity contribution in [3.05, 3.63) is 120 Å². The third-order valence-corrected chi connectivity index (χ3v) is 7.46. The molecule has 1 aromatic heterocycles. The number of carbonyl (C=O) groups is 2. The number of aliphatic hydroxyl groups is 1. The van der Waals surface area contributed by atoms with E-state index in [0.29, 0.717) is 23.7 Å². The first-order valence-electron chi connectivity index (χ1n) is 13.3. The molecular weight excluding hydrogens is 522 g/mol. The number of aromatic nitrogens is 3. The number of methoxy groups -OCH3 is 1. The molecule has 0 saturated carbocycles. The van der Waals surface area contributed by atoms with Gasteiger partial charge >= 0.3 is 0 Å². The fraction of sp³-hybridized carbons (Fsp3) is 0.226. The van der Waals surface area contributed by atoms with Crippen LogP contribution in [0, 0.1) is 5.92 Å². The lowest BCUT2D eigenvalue weighted by Gasteiger charge is -2.41. The summed E-state index contributed by atoms with van der Waals surface area (Å²) in [6.45, 7) is 0.494. The number of likely N-dealkylation sites (tertiary alicyclic amines) is 1. The molecule has 10 heteroatoms. The molecule has 4 unspecified atom stereocenters. The van der Waals surface area contributed by atoms with Gasteiger partial charge in [0, 0.05) is 0 Å². The average Bonchev–Trinajstić information content (AvgIpc) is 3.64. The number of carbonyl (C=O) groups excluding carboxylic acids is 2. The molecule has 6 rings (SSSR count). The fourth-order valence-electron chi connectivity index (χ4n) is 5.42. The Morgan fingerprint density at radius 1 is 0.854 bits per heavy atom. The molecule has 0 aliphatic carbocycles. The lowest BCUT2D eigenvalue weighted by Crippen LogP contribution is -2.58. The summed E-state index contributed by atoms with van der Waals surface area (Å²) in [6, 6.07) is 22.8. The summed E-state index contributed by atoms with van der Waals surface area (Å²) >= 11 is 0. The third-order valence-electron chi connectivity index (χ3n) is 7.46. The second-order valence-corrected chi connectivity index (χ2v) is 9.95. The SMILES string of the molecule is COc1ccc(C(O)C2C=CC3C(=O)N(Cc4ccccc4)C(=O)C3N2n2cnnc2)cc1OCc1ccccc1. The number of aliphatic hydroxyl groups excluding tert-OH is 1.